The molecule has 0 heterocycles. The molecule has 4 heteroatoms. The highest BCUT2D eigenvalue weighted by molar-refractivity contribution is 5.99. The van der Waals surface area contributed by atoms with Crippen LogP contribution in [0.15, 0.2) is 48.5 Å². The first-order chi connectivity index (χ1) is 12.2. The maximum atomic E-state index is 13.2. The number of hydrogen-bond donors (Lipinski definition) is 1. The van der Waals surface area contributed by atoms with Gasteiger partial charge in [-0.15, -0.1) is 0 Å². The van der Waals surface area contributed by atoms with Gasteiger partial charge >= 0.3 is 0 Å². The molecule has 0 atom stereocenters. The van der Waals surface area contributed by atoms with Crippen LogP contribution in [0.1, 0.15) is 37.7 Å². The standard InChI is InChI=1S/C21H25NO3/c1-24-18-10-6-16(7-11-18)21(14-4-3-5-15-21)20(23)22-17-8-12-19(25-2)13-9-17/h6-13H,3-5,14-15H2,1-2H3,(H,22,23). The van der Waals surface area contributed by atoms with E-state index in [1.807, 2.05) is 48.5 Å². The first kappa shape index (κ1) is 17.3. The van der Waals surface area contributed by atoms with Crippen molar-refractivity contribution in [2.24, 2.45) is 0 Å². The van der Waals surface area contributed by atoms with E-state index in [0.717, 1.165) is 48.4 Å². The van der Waals surface area contributed by atoms with Crippen molar-refractivity contribution in [3.8, 4) is 11.5 Å². The van der Waals surface area contributed by atoms with Crippen LogP contribution in [0, 0.1) is 0 Å². The molecule has 1 aliphatic carbocycles. The number of methoxy groups -OCH3 is 2. The number of rotatable bonds is 5. The van der Waals surface area contributed by atoms with Crippen LogP contribution in [-0.2, 0) is 10.2 Å². The zero-order chi connectivity index (χ0) is 17.7. The predicted octanol–water partition coefficient (Wildman–Crippen LogP) is 4.54. The third-order valence-electron chi connectivity index (χ3n) is 5.13. The Bertz CT molecular complexity index is 701. The molecule has 0 unspecified atom stereocenters. The minimum Gasteiger partial charge on any atom is -0.497 e. The first-order valence-corrected chi connectivity index (χ1v) is 8.78. The lowest BCUT2D eigenvalue weighted by atomic mass is 9.68. The lowest BCUT2D eigenvalue weighted by Crippen LogP contribution is -2.42. The number of hydrogen-bond acceptors (Lipinski definition) is 3. The fourth-order valence-corrected chi connectivity index (χ4v) is 3.64. The Kier molecular flexibility index (Phi) is 5.27. The molecule has 0 spiro atoms. The van der Waals surface area contributed by atoms with Crippen molar-refractivity contribution in [2.75, 3.05) is 19.5 Å². The summed E-state index contributed by atoms with van der Waals surface area (Å²) in [5.41, 5.74) is 1.40. The lowest BCUT2D eigenvalue weighted by molar-refractivity contribution is -0.122. The maximum absolute atomic E-state index is 13.2. The van der Waals surface area contributed by atoms with E-state index in [1.54, 1.807) is 14.2 Å². The third kappa shape index (κ3) is 3.63. The van der Waals surface area contributed by atoms with Gasteiger partial charge in [-0.2, -0.15) is 0 Å². The molecule has 1 fully saturated rings. The zero-order valence-electron chi connectivity index (χ0n) is 14.9. The molecule has 0 bridgehead atoms. The van der Waals surface area contributed by atoms with E-state index in [0.29, 0.717) is 0 Å². The Labute approximate surface area is 149 Å². The maximum Gasteiger partial charge on any atom is 0.235 e. The van der Waals surface area contributed by atoms with Crippen LogP contribution in [0.25, 0.3) is 0 Å². The number of benzene rings is 2. The summed E-state index contributed by atoms with van der Waals surface area (Å²) < 4.78 is 10.4. The van der Waals surface area contributed by atoms with Crippen LogP contribution < -0.4 is 14.8 Å². The van der Waals surface area contributed by atoms with E-state index in [1.165, 1.54) is 6.42 Å². The Hall–Kier alpha value is -2.49. The van der Waals surface area contributed by atoms with Crippen molar-refractivity contribution < 1.29 is 14.3 Å². The molecule has 0 saturated heterocycles. The monoisotopic (exact) mass is 339 g/mol. The average Bonchev–Trinajstić information content (AvgIpc) is 2.69. The summed E-state index contributed by atoms with van der Waals surface area (Å²) in [5.74, 6) is 1.66. The van der Waals surface area contributed by atoms with Crippen molar-refractivity contribution in [3.63, 3.8) is 0 Å². The van der Waals surface area contributed by atoms with Crippen LogP contribution in [0.5, 0.6) is 11.5 Å². The van der Waals surface area contributed by atoms with Gasteiger partial charge in [-0.3, -0.25) is 4.79 Å². The number of carbonyl (C=O) groups is 1. The van der Waals surface area contributed by atoms with E-state index in [-0.39, 0.29) is 5.91 Å². The molecule has 132 valence electrons. The Morgan fingerprint density at radius 1 is 0.840 bits per heavy atom. The Morgan fingerprint density at radius 3 is 1.88 bits per heavy atom. The second-order valence-electron chi connectivity index (χ2n) is 6.55. The number of amides is 1. The molecule has 1 saturated carbocycles. The summed E-state index contributed by atoms with van der Waals surface area (Å²) in [4.78, 5) is 13.2. The van der Waals surface area contributed by atoms with Gasteiger partial charge in [-0.1, -0.05) is 31.4 Å². The van der Waals surface area contributed by atoms with Gasteiger partial charge in [-0.05, 0) is 54.8 Å². The number of ether oxygens (including phenoxy) is 2. The highest BCUT2D eigenvalue weighted by atomic mass is 16.5. The molecule has 1 N–H and O–H groups in total. The molecule has 1 amide bonds. The fourth-order valence-electron chi connectivity index (χ4n) is 3.64. The largest absolute Gasteiger partial charge is 0.497 e. The molecule has 1 aliphatic rings. The van der Waals surface area contributed by atoms with Crippen LogP contribution in [0.2, 0.25) is 0 Å². The van der Waals surface area contributed by atoms with Crippen LogP contribution >= 0.6 is 0 Å². The van der Waals surface area contributed by atoms with Gasteiger partial charge in [0.2, 0.25) is 5.91 Å². The van der Waals surface area contributed by atoms with Gasteiger partial charge < -0.3 is 14.8 Å². The third-order valence-corrected chi connectivity index (χ3v) is 5.13. The Morgan fingerprint density at radius 2 is 1.36 bits per heavy atom. The summed E-state index contributed by atoms with van der Waals surface area (Å²) in [6, 6.07) is 15.4. The summed E-state index contributed by atoms with van der Waals surface area (Å²) in [6.45, 7) is 0. The van der Waals surface area contributed by atoms with Crippen LogP contribution in [0.3, 0.4) is 0 Å². The number of carbonyl (C=O) groups excluding carboxylic acids is 1. The molecule has 25 heavy (non-hydrogen) atoms. The second-order valence-corrected chi connectivity index (χ2v) is 6.55. The van der Waals surface area contributed by atoms with Gasteiger partial charge in [0.05, 0.1) is 19.6 Å². The number of nitrogens with one attached hydrogen (secondary N) is 1. The van der Waals surface area contributed by atoms with Crippen LogP contribution in [0.4, 0.5) is 5.69 Å². The molecule has 0 aliphatic heterocycles. The summed E-state index contributed by atoms with van der Waals surface area (Å²) in [7, 11) is 3.29. The van der Waals surface area contributed by atoms with Gasteiger partial charge in [-0.25, -0.2) is 0 Å². The summed E-state index contributed by atoms with van der Waals surface area (Å²) >= 11 is 0. The SMILES string of the molecule is COc1ccc(NC(=O)C2(c3ccc(OC)cc3)CCCCC2)cc1. The average molecular weight is 339 g/mol. The molecule has 4 nitrogen and oxygen atoms in total. The van der Waals surface area contributed by atoms with Gasteiger partial charge in [0.15, 0.2) is 0 Å². The van der Waals surface area contributed by atoms with E-state index in [9.17, 15) is 4.79 Å². The highest BCUT2D eigenvalue weighted by Gasteiger charge is 2.41. The molecule has 2 aromatic carbocycles. The minimum atomic E-state index is -0.468. The lowest BCUT2D eigenvalue weighted by Gasteiger charge is -2.36. The summed E-state index contributed by atoms with van der Waals surface area (Å²) in [5, 5.41) is 3.11. The van der Waals surface area contributed by atoms with E-state index in [4.69, 9.17) is 9.47 Å². The highest BCUT2D eigenvalue weighted by Crippen LogP contribution is 2.41. The first-order valence-electron chi connectivity index (χ1n) is 8.78. The normalized spacial score (nSPS) is 16.1. The van der Waals surface area contributed by atoms with Crippen molar-refractivity contribution in [1.29, 1.82) is 0 Å². The number of anilines is 1. The second kappa shape index (κ2) is 7.60. The minimum absolute atomic E-state index is 0.0718. The molecule has 0 radical (unpaired) electrons. The van der Waals surface area contributed by atoms with Crippen molar-refractivity contribution >= 4 is 11.6 Å². The van der Waals surface area contributed by atoms with Crippen molar-refractivity contribution in [3.05, 3.63) is 54.1 Å². The van der Waals surface area contributed by atoms with E-state index >= 15 is 0 Å². The molecular formula is C21H25NO3. The summed E-state index contributed by atoms with van der Waals surface area (Å²) in [6.07, 6.45) is 5.08. The topological polar surface area (TPSA) is 47.6 Å². The van der Waals surface area contributed by atoms with Gasteiger partial charge in [0, 0.05) is 5.69 Å². The molecular weight excluding hydrogens is 314 g/mol. The predicted molar refractivity (Wildman–Crippen MR) is 99.4 cm³/mol. The van der Waals surface area contributed by atoms with Crippen molar-refractivity contribution in [1.82, 2.24) is 0 Å². The molecule has 3 rings (SSSR count). The van der Waals surface area contributed by atoms with Crippen LogP contribution in [-0.4, -0.2) is 20.1 Å². The molecule has 2 aromatic rings. The Balaban J connectivity index is 1.86. The zero-order valence-corrected chi connectivity index (χ0v) is 14.9. The molecule has 0 aromatic heterocycles. The van der Waals surface area contributed by atoms with Gasteiger partial charge in [0.1, 0.15) is 11.5 Å². The fraction of sp³-hybridized carbons (Fsp3) is 0.381. The van der Waals surface area contributed by atoms with E-state index in [2.05, 4.69) is 5.32 Å². The van der Waals surface area contributed by atoms with Gasteiger partial charge in [0.25, 0.3) is 0 Å². The smallest absolute Gasteiger partial charge is 0.235 e. The van der Waals surface area contributed by atoms with Crippen molar-refractivity contribution in [2.45, 2.75) is 37.5 Å². The van der Waals surface area contributed by atoms with E-state index < -0.39 is 5.41 Å². The quantitative estimate of drug-likeness (QED) is 0.870.